The first-order valence-corrected chi connectivity index (χ1v) is 12.0. The van der Waals surface area contributed by atoms with Crippen molar-refractivity contribution < 1.29 is 9.36 Å². The van der Waals surface area contributed by atoms with Crippen molar-refractivity contribution in [3.05, 3.63) is 47.7 Å². The molecule has 152 valence electrons. The molecular weight excluding hydrogens is 385 g/mol. The highest BCUT2D eigenvalue weighted by atomic mass is 31.2. The van der Waals surface area contributed by atoms with E-state index in [-0.39, 0.29) is 5.78 Å². The van der Waals surface area contributed by atoms with Crippen molar-refractivity contribution in [1.82, 2.24) is 14.8 Å². The first kappa shape index (κ1) is 20.8. The number of benzene rings is 1. The van der Waals surface area contributed by atoms with E-state index in [4.69, 9.17) is 5.73 Å². The number of nitrogens with one attached hydrogen (secondary N) is 1. The summed E-state index contributed by atoms with van der Waals surface area (Å²) in [6.07, 6.45) is 1.89. The average Bonchev–Trinajstić information content (AvgIpc) is 3.05. The maximum absolute atomic E-state index is 12.5. The van der Waals surface area contributed by atoms with Crippen LogP contribution in [-0.2, 0) is 11.6 Å². The molecule has 0 aliphatic rings. The molecule has 29 heavy (non-hydrogen) atoms. The number of hydrogen-bond acceptors (Lipinski definition) is 6. The topological polar surface area (TPSA) is 103 Å². The third-order valence-electron chi connectivity index (χ3n) is 4.83. The SMILES string of the molecule is CCC(=O)c1cnc(N)cc1Nc1cccc(-c2cc(P(C)(C)=O)n(C)n2)c1C. The third-order valence-corrected chi connectivity index (χ3v) is 6.35. The Bertz CT molecular complexity index is 1130. The van der Waals surface area contributed by atoms with Crippen LogP contribution in [0, 0.1) is 6.92 Å². The van der Waals surface area contributed by atoms with E-state index in [1.54, 1.807) is 31.1 Å². The lowest BCUT2D eigenvalue weighted by Gasteiger charge is -2.15. The predicted octanol–water partition coefficient (Wildman–Crippen LogP) is 3.96. The van der Waals surface area contributed by atoms with Crippen LogP contribution < -0.4 is 16.5 Å². The number of rotatable bonds is 6. The first-order valence-electron chi connectivity index (χ1n) is 9.37. The molecule has 0 saturated heterocycles. The van der Waals surface area contributed by atoms with Crippen molar-refractivity contribution in [2.75, 3.05) is 24.4 Å². The zero-order chi connectivity index (χ0) is 21.3. The molecule has 0 fully saturated rings. The van der Waals surface area contributed by atoms with Crippen molar-refractivity contribution in [3.8, 4) is 11.3 Å². The third kappa shape index (κ3) is 4.25. The van der Waals surface area contributed by atoms with Gasteiger partial charge in [0.1, 0.15) is 13.0 Å². The van der Waals surface area contributed by atoms with E-state index in [0.717, 1.165) is 27.9 Å². The Morgan fingerprint density at radius 2 is 1.97 bits per heavy atom. The molecule has 3 aromatic rings. The van der Waals surface area contributed by atoms with E-state index in [1.165, 1.54) is 6.20 Å². The fourth-order valence-electron chi connectivity index (χ4n) is 3.27. The van der Waals surface area contributed by atoms with Gasteiger partial charge in [-0.1, -0.05) is 19.1 Å². The Morgan fingerprint density at radius 1 is 1.24 bits per heavy atom. The minimum Gasteiger partial charge on any atom is -0.384 e. The van der Waals surface area contributed by atoms with Gasteiger partial charge in [-0.3, -0.25) is 9.48 Å². The Kier molecular flexibility index (Phi) is 5.62. The molecule has 7 nitrogen and oxygen atoms in total. The number of Topliss-reactive ketones (excluding diaryl/α,β-unsaturated/α-hetero) is 1. The number of nitrogen functional groups attached to an aromatic ring is 1. The molecule has 0 amide bonds. The normalized spacial score (nSPS) is 11.5. The van der Waals surface area contributed by atoms with Crippen molar-refractivity contribution in [2.24, 2.45) is 7.05 Å². The van der Waals surface area contributed by atoms with E-state index in [9.17, 15) is 9.36 Å². The van der Waals surface area contributed by atoms with E-state index in [0.29, 0.717) is 23.5 Å². The summed E-state index contributed by atoms with van der Waals surface area (Å²) in [6, 6.07) is 9.37. The molecule has 2 aromatic heterocycles. The molecule has 0 aliphatic heterocycles. The fraction of sp³-hybridized carbons (Fsp3) is 0.286. The van der Waals surface area contributed by atoms with Gasteiger partial charge in [-0.2, -0.15) is 5.10 Å². The number of nitrogens with zero attached hydrogens (tertiary/aromatic N) is 3. The number of carbonyl (C=O) groups is 1. The number of carbonyl (C=O) groups excluding carboxylic acids is 1. The van der Waals surface area contributed by atoms with Gasteiger partial charge >= 0.3 is 0 Å². The maximum Gasteiger partial charge on any atom is 0.166 e. The van der Waals surface area contributed by atoms with Gasteiger partial charge in [0.25, 0.3) is 0 Å². The summed E-state index contributed by atoms with van der Waals surface area (Å²) in [7, 11) is -0.633. The molecule has 0 aliphatic carbocycles. The van der Waals surface area contributed by atoms with Crippen LogP contribution in [-0.4, -0.2) is 33.9 Å². The summed E-state index contributed by atoms with van der Waals surface area (Å²) >= 11 is 0. The Balaban J connectivity index is 2.05. The maximum atomic E-state index is 12.5. The molecule has 8 heteroatoms. The van der Waals surface area contributed by atoms with Crippen molar-refractivity contribution in [3.63, 3.8) is 0 Å². The number of anilines is 3. The Morgan fingerprint density at radius 3 is 2.59 bits per heavy atom. The molecule has 2 heterocycles. The summed E-state index contributed by atoms with van der Waals surface area (Å²) < 4.78 is 14.2. The molecule has 0 atom stereocenters. The monoisotopic (exact) mass is 411 g/mol. The lowest BCUT2D eigenvalue weighted by atomic mass is 10.0. The van der Waals surface area contributed by atoms with Gasteiger partial charge in [0.05, 0.1) is 22.4 Å². The molecule has 0 saturated carbocycles. The minimum atomic E-state index is -2.44. The number of aromatic nitrogens is 3. The van der Waals surface area contributed by atoms with Crippen LogP contribution in [0.1, 0.15) is 29.3 Å². The van der Waals surface area contributed by atoms with E-state index < -0.39 is 7.14 Å². The van der Waals surface area contributed by atoms with Crippen LogP contribution >= 0.6 is 7.14 Å². The second kappa shape index (κ2) is 7.84. The van der Waals surface area contributed by atoms with Crippen LogP contribution in [0.2, 0.25) is 0 Å². The summed E-state index contributed by atoms with van der Waals surface area (Å²) in [5.74, 6) is 0.329. The summed E-state index contributed by atoms with van der Waals surface area (Å²) in [6.45, 7) is 7.26. The van der Waals surface area contributed by atoms with Crippen molar-refractivity contribution in [1.29, 1.82) is 0 Å². The second-order valence-electron chi connectivity index (χ2n) is 7.40. The van der Waals surface area contributed by atoms with Gasteiger partial charge in [0.2, 0.25) is 0 Å². The van der Waals surface area contributed by atoms with E-state index in [1.807, 2.05) is 38.1 Å². The van der Waals surface area contributed by atoms with Crippen LogP contribution in [0.4, 0.5) is 17.2 Å². The first-order chi connectivity index (χ1) is 13.6. The van der Waals surface area contributed by atoms with Crippen LogP contribution in [0.3, 0.4) is 0 Å². The van der Waals surface area contributed by atoms with Gasteiger partial charge in [0.15, 0.2) is 5.78 Å². The molecule has 1 aromatic carbocycles. The highest BCUT2D eigenvalue weighted by Gasteiger charge is 2.20. The highest BCUT2D eigenvalue weighted by molar-refractivity contribution is 7.69. The number of nitrogens with two attached hydrogens (primary N) is 1. The smallest absolute Gasteiger partial charge is 0.166 e. The molecule has 3 N–H and O–H groups in total. The van der Waals surface area contributed by atoms with Crippen LogP contribution in [0.25, 0.3) is 11.3 Å². The van der Waals surface area contributed by atoms with Gasteiger partial charge < -0.3 is 15.6 Å². The number of pyridine rings is 1. The molecule has 0 spiro atoms. The van der Waals surface area contributed by atoms with Crippen LogP contribution in [0.5, 0.6) is 0 Å². The molecule has 0 unspecified atom stereocenters. The molecule has 0 radical (unpaired) electrons. The Hall–Kier alpha value is -2.92. The molecule has 3 rings (SSSR count). The van der Waals surface area contributed by atoms with Crippen LogP contribution in [0.15, 0.2) is 36.5 Å². The van der Waals surface area contributed by atoms with Crippen molar-refractivity contribution >= 4 is 35.6 Å². The van der Waals surface area contributed by atoms with Gasteiger partial charge in [-0.15, -0.1) is 0 Å². The standard InChI is InChI=1S/C21H26N5O2P/c1-6-19(27)15-12-23-20(22)10-17(15)24-16-9-7-8-14(13(16)2)18-11-21(26(3)25-18)29(4,5)28/h7-12H,6H2,1-5H3,(H3,22,23,24). The molecule has 0 bridgehead atoms. The summed E-state index contributed by atoms with van der Waals surface area (Å²) in [5, 5.41) is 7.89. The summed E-state index contributed by atoms with van der Waals surface area (Å²) in [5.41, 5.74) is 11.2. The lowest BCUT2D eigenvalue weighted by molar-refractivity contribution is 0.0988. The average molecular weight is 411 g/mol. The predicted molar refractivity (Wildman–Crippen MR) is 119 cm³/mol. The van der Waals surface area contributed by atoms with E-state index >= 15 is 0 Å². The Labute approximate surface area is 170 Å². The van der Waals surface area contributed by atoms with E-state index in [2.05, 4.69) is 15.4 Å². The zero-order valence-corrected chi connectivity index (χ0v) is 18.2. The zero-order valence-electron chi connectivity index (χ0n) is 17.4. The fourth-order valence-corrected chi connectivity index (χ4v) is 4.45. The highest BCUT2D eigenvalue weighted by Crippen LogP contribution is 2.37. The van der Waals surface area contributed by atoms with Gasteiger partial charge in [-0.05, 0) is 37.9 Å². The minimum absolute atomic E-state index is 0.00943. The van der Waals surface area contributed by atoms with Gasteiger partial charge in [-0.25, -0.2) is 4.98 Å². The number of hydrogen-bond donors (Lipinski definition) is 2. The van der Waals surface area contributed by atoms with Crippen molar-refractivity contribution in [2.45, 2.75) is 20.3 Å². The lowest BCUT2D eigenvalue weighted by Crippen LogP contribution is -2.13. The number of aryl methyl sites for hydroxylation is 1. The quantitative estimate of drug-likeness (QED) is 0.470. The largest absolute Gasteiger partial charge is 0.384 e. The second-order valence-corrected chi connectivity index (χ2v) is 10.6. The number of ketones is 1. The molecular formula is C21H26N5O2P. The van der Waals surface area contributed by atoms with Gasteiger partial charge in [0, 0.05) is 37.0 Å². The summed E-state index contributed by atoms with van der Waals surface area (Å²) in [4.78, 5) is 16.3.